The number of aldehydes is 1. The number of nitrogens with two attached hydrogens (primary N) is 1. The Kier molecular flexibility index (Phi) is 3.60. The van der Waals surface area contributed by atoms with Gasteiger partial charge in [-0.25, -0.2) is 4.98 Å². The summed E-state index contributed by atoms with van der Waals surface area (Å²) < 4.78 is 41.0. The van der Waals surface area contributed by atoms with E-state index < -0.39 is 12.1 Å². The first-order valence-electron chi connectivity index (χ1n) is 5.47. The number of para-hydroxylation sites is 1. The summed E-state index contributed by atoms with van der Waals surface area (Å²) in [6.07, 6.45) is -4.39. The monoisotopic (exact) mass is 282 g/mol. The lowest BCUT2D eigenvalue weighted by Gasteiger charge is -2.14. The third-order valence-electron chi connectivity index (χ3n) is 2.46. The van der Waals surface area contributed by atoms with Crippen molar-refractivity contribution in [3.63, 3.8) is 0 Å². The predicted molar refractivity (Wildman–Crippen MR) is 66.2 cm³/mol. The lowest BCUT2D eigenvalue weighted by molar-refractivity contribution is -0.274. The smallest absolute Gasteiger partial charge is 0.405 e. The quantitative estimate of drug-likeness (QED) is 0.879. The second-order valence-electron chi connectivity index (χ2n) is 3.83. The molecule has 20 heavy (non-hydrogen) atoms. The van der Waals surface area contributed by atoms with Gasteiger partial charge in [0.2, 0.25) is 0 Å². The van der Waals surface area contributed by atoms with Crippen LogP contribution in [0, 0.1) is 0 Å². The molecule has 0 atom stereocenters. The number of nitrogen functional groups attached to an aromatic ring is 1. The minimum absolute atomic E-state index is 0.0526. The number of anilines is 1. The van der Waals surface area contributed by atoms with Crippen LogP contribution in [-0.4, -0.2) is 17.6 Å². The van der Waals surface area contributed by atoms with Crippen molar-refractivity contribution in [2.45, 2.75) is 6.36 Å². The lowest BCUT2D eigenvalue weighted by Crippen LogP contribution is -2.17. The maximum atomic E-state index is 12.4. The van der Waals surface area contributed by atoms with Crippen LogP contribution in [0.1, 0.15) is 10.5 Å². The highest BCUT2D eigenvalue weighted by Gasteiger charge is 2.32. The van der Waals surface area contributed by atoms with Crippen molar-refractivity contribution >= 4 is 12.1 Å². The summed E-state index contributed by atoms with van der Waals surface area (Å²) in [4.78, 5) is 14.7. The van der Waals surface area contributed by atoms with Crippen molar-refractivity contribution in [1.29, 1.82) is 0 Å². The third kappa shape index (κ3) is 3.05. The zero-order chi connectivity index (χ0) is 14.8. The number of benzene rings is 1. The van der Waals surface area contributed by atoms with Crippen LogP contribution in [0.15, 0.2) is 36.4 Å². The highest BCUT2D eigenvalue weighted by molar-refractivity contribution is 5.87. The van der Waals surface area contributed by atoms with Crippen LogP contribution in [-0.2, 0) is 0 Å². The van der Waals surface area contributed by atoms with E-state index in [4.69, 9.17) is 5.73 Å². The van der Waals surface area contributed by atoms with Gasteiger partial charge in [-0.1, -0.05) is 18.2 Å². The first kappa shape index (κ1) is 13.9. The van der Waals surface area contributed by atoms with Gasteiger partial charge in [-0.15, -0.1) is 13.2 Å². The summed E-state index contributed by atoms with van der Waals surface area (Å²) in [7, 11) is 0. The molecule has 0 fully saturated rings. The number of carbonyl (C=O) groups excluding carboxylic acids is 1. The third-order valence-corrected chi connectivity index (χ3v) is 2.46. The molecule has 2 aromatic rings. The number of rotatable bonds is 3. The van der Waals surface area contributed by atoms with Gasteiger partial charge < -0.3 is 10.5 Å². The van der Waals surface area contributed by atoms with Crippen molar-refractivity contribution in [2.24, 2.45) is 0 Å². The molecule has 0 bridgehead atoms. The van der Waals surface area contributed by atoms with Crippen molar-refractivity contribution in [3.05, 3.63) is 42.1 Å². The van der Waals surface area contributed by atoms with Gasteiger partial charge >= 0.3 is 6.36 Å². The lowest BCUT2D eigenvalue weighted by atomic mass is 10.0. The van der Waals surface area contributed by atoms with E-state index in [0.717, 1.165) is 6.07 Å². The second-order valence-corrected chi connectivity index (χ2v) is 3.83. The highest BCUT2D eigenvalue weighted by Crippen LogP contribution is 2.34. The van der Waals surface area contributed by atoms with Gasteiger partial charge in [0.25, 0.3) is 0 Å². The van der Waals surface area contributed by atoms with Crippen molar-refractivity contribution in [2.75, 3.05) is 5.73 Å². The Morgan fingerprint density at radius 3 is 2.45 bits per heavy atom. The molecule has 1 aromatic heterocycles. The molecule has 2 rings (SSSR count). The van der Waals surface area contributed by atoms with Crippen molar-refractivity contribution in [1.82, 2.24) is 4.98 Å². The molecule has 7 heteroatoms. The normalized spacial score (nSPS) is 11.2. The molecule has 0 radical (unpaired) electrons. The fourth-order valence-corrected chi connectivity index (χ4v) is 1.71. The van der Waals surface area contributed by atoms with E-state index in [2.05, 4.69) is 9.72 Å². The molecular formula is C13H9F3N2O2. The minimum atomic E-state index is -4.82. The number of hydrogen-bond donors (Lipinski definition) is 1. The number of pyridine rings is 1. The molecule has 0 amide bonds. The molecule has 0 spiro atoms. The Balaban J connectivity index is 2.56. The average Bonchev–Trinajstić information content (AvgIpc) is 2.38. The molecule has 0 aliphatic heterocycles. The average molecular weight is 282 g/mol. The summed E-state index contributed by atoms with van der Waals surface area (Å²) in [6, 6.07) is 8.31. The van der Waals surface area contributed by atoms with Crippen LogP contribution < -0.4 is 10.5 Å². The topological polar surface area (TPSA) is 65.2 Å². The minimum Gasteiger partial charge on any atom is -0.405 e. The van der Waals surface area contributed by atoms with Gasteiger partial charge in [-0.3, -0.25) is 4.79 Å². The van der Waals surface area contributed by atoms with E-state index in [9.17, 15) is 18.0 Å². The zero-order valence-corrected chi connectivity index (χ0v) is 10.0. The van der Waals surface area contributed by atoms with Crippen LogP contribution in [0.2, 0.25) is 0 Å². The van der Waals surface area contributed by atoms with Crippen LogP contribution in [0.4, 0.5) is 19.0 Å². The standard InChI is InChI=1S/C13H9F3N2O2/c14-13(15,16)20-11-4-2-1-3-9(11)8-5-6-12(17)18-10(8)7-19/h1-7H,(H2,17,18). The highest BCUT2D eigenvalue weighted by atomic mass is 19.4. The fraction of sp³-hybridized carbons (Fsp3) is 0.0769. The molecule has 2 N–H and O–H groups in total. The molecule has 1 aromatic carbocycles. The van der Waals surface area contributed by atoms with E-state index in [0.29, 0.717) is 6.29 Å². The molecule has 0 aliphatic carbocycles. The first-order chi connectivity index (χ1) is 9.40. The molecule has 104 valence electrons. The predicted octanol–water partition coefficient (Wildman–Crippen LogP) is 3.04. The Morgan fingerprint density at radius 2 is 1.80 bits per heavy atom. The maximum Gasteiger partial charge on any atom is 0.573 e. The van der Waals surface area contributed by atoms with Gasteiger partial charge in [-0.05, 0) is 18.2 Å². The Morgan fingerprint density at radius 1 is 1.10 bits per heavy atom. The largest absolute Gasteiger partial charge is 0.573 e. The summed E-state index contributed by atoms with van der Waals surface area (Å²) in [5, 5.41) is 0. The number of aromatic nitrogens is 1. The summed E-state index contributed by atoms with van der Waals surface area (Å²) in [5.74, 6) is -0.306. The van der Waals surface area contributed by atoms with E-state index in [1.807, 2.05) is 0 Å². The molecule has 0 saturated carbocycles. The Bertz CT molecular complexity index is 642. The van der Waals surface area contributed by atoms with Crippen LogP contribution in [0.25, 0.3) is 11.1 Å². The van der Waals surface area contributed by atoms with Gasteiger partial charge in [-0.2, -0.15) is 0 Å². The molecule has 0 aliphatic rings. The summed E-state index contributed by atoms with van der Waals surface area (Å²) in [6.45, 7) is 0. The number of halogens is 3. The van der Waals surface area contributed by atoms with Gasteiger partial charge in [0.1, 0.15) is 17.3 Å². The number of carbonyl (C=O) groups is 1. The van der Waals surface area contributed by atoms with Gasteiger partial charge in [0.05, 0.1) is 0 Å². The number of nitrogens with zero attached hydrogens (tertiary/aromatic N) is 1. The number of ether oxygens (including phenoxy) is 1. The summed E-state index contributed by atoms with van der Waals surface area (Å²) >= 11 is 0. The van der Waals surface area contributed by atoms with E-state index in [1.54, 1.807) is 0 Å². The second kappa shape index (κ2) is 5.20. The SMILES string of the molecule is Nc1ccc(-c2ccccc2OC(F)(F)F)c(C=O)n1. The summed E-state index contributed by atoms with van der Waals surface area (Å²) in [5.41, 5.74) is 5.71. The van der Waals surface area contributed by atoms with E-state index in [1.165, 1.54) is 30.3 Å². The van der Waals surface area contributed by atoms with E-state index in [-0.39, 0.29) is 22.6 Å². The molecule has 0 unspecified atom stereocenters. The maximum absolute atomic E-state index is 12.4. The van der Waals surface area contributed by atoms with Crippen molar-refractivity contribution in [3.8, 4) is 16.9 Å². The molecular weight excluding hydrogens is 273 g/mol. The Hall–Kier alpha value is -2.57. The first-order valence-corrected chi connectivity index (χ1v) is 5.47. The fourth-order valence-electron chi connectivity index (χ4n) is 1.71. The van der Waals surface area contributed by atoms with E-state index >= 15 is 0 Å². The van der Waals surface area contributed by atoms with Gasteiger partial charge in [0.15, 0.2) is 6.29 Å². The molecule has 1 heterocycles. The van der Waals surface area contributed by atoms with Crippen LogP contribution in [0.5, 0.6) is 5.75 Å². The zero-order valence-electron chi connectivity index (χ0n) is 10.0. The number of alkyl halides is 3. The number of hydrogen-bond acceptors (Lipinski definition) is 4. The van der Waals surface area contributed by atoms with Crippen molar-refractivity contribution < 1.29 is 22.7 Å². The Labute approximate surface area is 112 Å². The molecule has 4 nitrogen and oxygen atoms in total. The van der Waals surface area contributed by atoms with Crippen LogP contribution >= 0.6 is 0 Å². The van der Waals surface area contributed by atoms with Crippen LogP contribution in [0.3, 0.4) is 0 Å². The molecule has 0 saturated heterocycles. The van der Waals surface area contributed by atoms with Gasteiger partial charge in [0, 0.05) is 11.1 Å².